The van der Waals surface area contributed by atoms with Gasteiger partial charge in [0.1, 0.15) is 37.9 Å². The van der Waals surface area contributed by atoms with E-state index in [1.165, 1.54) is 0 Å². The summed E-state index contributed by atoms with van der Waals surface area (Å²) in [5.41, 5.74) is 0. The Bertz CT molecular complexity index is 1740. The minimum absolute atomic E-state index is 0.136. The largest absolute Gasteiger partial charge is 0.475 e. The van der Waals surface area contributed by atoms with Crippen LogP contribution in [0.3, 0.4) is 0 Å². The molecule has 0 aliphatic rings. The monoisotopic (exact) mass is 863 g/mol. The fourth-order valence-corrected chi connectivity index (χ4v) is 6.97. The molecule has 0 N–H and O–H groups in total. The fraction of sp³-hybridized carbons (Fsp3) is 0.571. The van der Waals surface area contributed by atoms with E-state index in [0.29, 0.717) is 0 Å². The molecule has 0 unspecified atom stereocenters. The third kappa shape index (κ3) is 10.0. The lowest BCUT2D eigenvalue weighted by atomic mass is 10.4. The van der Waals surface area contributed by atoms with Crippen LogP contribution in [0.2, 0.25) is 15.5 Å². The molecule has 3 aromatic rings. The topological polar surface area (TPSA) is 228 Å². The molecule has 0 fully saturated rings. The number of nitro groups is 3. The molecule has 53 heavy (non-hydrogen) atoms. The molecule has 0 radical (unpaired) electrons. The van der Waals surface area contributed by atoms with Crippen LogP contribution >= 0.6 is 42.6 Å². The summed E-state index contributed by atoms with van der Waals surface area (Å²) in [6.45, 7) is -1.49. The maximum absolute atomic E-state index is 14.0. The predicted molar refractivity (Wildman–Crippen MR) is 156 cm³/mol. The summed E-state index contributed by atoms with van der Waals surface area (Å²) in [5, 5.41) is 30.7. The minimum atomic E-state index is -5.62. The molecule has 19 nitrogen and oxygen atoms in total. The Morgan fingerprint density at radius 1 is 0.585 bits per heavy atom. The lowest BCUT2D eigenvalue weighted by Gasteiger charge is -2.26. The van der Waals surface area contributed by atoms with Crippen molar-refractivity contribution in [2.24, 2.45) is 0 Å². The van der Waals surface area contributed by atoms with Crippen molar-refractivity contribution < 1.29 is 72.4 Å². The predicted octanol–water partition coefficient (Wildman–Crippen LogP) is 7.74. The second-order valence-corrected chi connectivity index (χ2v) is 13.0. The minimum Gasteiger partial charge on any atom is -0.358 e. The van der Waals surface area contributed by atoms with Gasteiger partial charge >= 0.3 is 61.3 Å². The van der Waals surface area contributed by atoms with Gasteiger partial charge in [-0.05, 0) is 35.5 Å². The molecule has 32 heteroatoms. The normalized spacial score (nSPS) is 14.7. The van der Waals surface area contributed by atoms with Gasteiger partial charge in [-0.1, -0.05) is 34.8 Å². The standard InChI is InChI=1S/C21H18Cl3F9N9O10P/c1-7(4-37-13(40(43)44)10(22)34-16(37)19(25,26)27)50-53(49,51-8(2)5-38-14(41(45)46)11(23)35-17(38)20(28,29)30)52-9(3)6-39-15(42(47)48)12(24)36-18(39)21(31,32)33/h7-9H,4-6H2,1-3H3/t7-,8-,9-/m1/s1. The molecule has 0 spiro atoms. The van der Waals surface area contributed by atoms with E-state index in [1.807, 2.05) is 0 Å². The zero-order valence-corrected chi connectivity index (χ0v) is 29.1. The van der Waals surface area contributed by atoms with Gasteiger partial charge in [-0.15, -0.1) is 0 Å². The molecular formula is C21H18Cl3F9N9O10P. The Labute approximate surface area is 301 Å². The van der Waals surface area contributed by atoms with Gasteiger partial charge in [-0.2, -0.15) is 68.2 Å². The highest BCUT2D eigenvalue weighted by Crippen LogP contribution is 2.54. The number of hydrogen-bond acceptors (Lipinski definition) is 13. The van der Waals surface area contributed by atoms with E-state index < -0.39 is 129 Å². The summed E-state index contributed by atoms with van der Waals surface area (Å²) in [6.07, 6.45) is -22.2. The van der Waals surface area contributed by atoms with Crippen LogP contribution in [-0.2, 0) is 56.3 Å². The van der Waals surface area contributed by atoms with E-state index in [1.54, 1.807) is 0 Å². The zero-order valence-electron chi connectivity index (χ0n) is 25.9. The maximum Gasteiger partial charge on any atom is 0.475 e. The number of aromatic nitrogens is 6. The Morgan fingerprint density at radius 3 is 0.962 bits per heavy atom. The van der Waals surface area contributed by atoms with Crippen molar-refractivity contribution in [3.05, 3.63) is 63.3 Å². The number of rotatable bonds is 15. The quantitative estimate of drug-likeness (QED) is 0.0617. The Morgan fingerprint density at radius 2 is 0.792 bits per heavy atom. The van der Waals surface area contributed by atoms with Gasteiger partial charge in [0.25, 0.3) is 0 Å². The molecule has 3 atom stereocenters. The fourth-order valence-electron chi connectivity index (χ4n) is 4.54. The van der Waals surface area contributed by atoms with Gasteiger partial charge in [-0.25, -0.2) is 4.57 Å². The summed E-state index contributed by atoms with van der Waals surface area (Å²) in [5.74, 6) is -10.2. The third-order valence-corrected chi connectivity index (χ3v) is 8.84. The van der Waals surface area contributed by atoms with E-state index in [2.05, 4.69) is 15.0 Å². The summed E-state index contributed by atoms with van der Waals surface area (Å²) >= 11 is 16.5. The maximum atomic E-state index is 14.0. The Balaban J connectivity index is 2.08. The molecule has 3 aromatic heterocycles. The van der Waals surface area contributed by atoms with Crippen molar-refractivity contribution in [2.45, 2.75) is 77.2 Å². The third-order valence-electron chi connectivity index (χ3n) is 6.23. The molecule has 0 aliphatic carbocycles. The number of halogens is 12. The zero-order chi connectivity index (χ0) is 40.8. The molecule has 0 amide bonds. The van der Waals surface area contributed by atoms with Gasteiger partial charge in [0.15, 0.2) is 0 Å². The van der Waals surface area contributed by atoms with E-state index >= 15 is 0 Å². The van der Waals surface area contributed by atoms with Crippen LogP contribution in [0.15, 0.2) is 0 Å². The first-order valence-corrected chi connectivity index (χ1v) is 16.2. The first kappa shape index (κ1) is 43.6. The van der Waals surface area contributed by atoms with Crippen molar-refractivity contribution in [3.63, 3.8) is 0 Å². The van der Waals surface area contributed by atoms with Crippen LogP contribution in [0, 0.1) is 30.3 Å². The highest BCUT2D eigenvalue weighted by atomic mass is 35.5. The van der Waals surface area contributed by atoms with Crippen molar-refractivity contribution in [1.82, 2.24) is 28.7 Å². The molecule has 0 saturated heterocycles. The first-order valence-electron chi connectivity index (χ1n) is 13.6. The number of nitrogens with zero attached hydrogens (tertiary/aromatic N) is 9. The second-order valence-electron chi connectivity index (χ2n) is 10.4. The highest BCUT2D eigenvalue weighted by molar-refractivity contribution is 7.48. The van der Waals surface area contributed by atoms with Crippen molar-refractivity contribution in [2.75, 3.05) is 0 Å². The van der Waals surface area contributed by atoms with Crippen LogP contribution in [-0.4, -0.2) is 61.7 Å². The molecule has 3 heterocycles. The van der Waals surface area contributed by atoms with Crippen LogP contribution in [0.5, 0.6) is 0 Å². The molecular weight excluding hydrogens is 847 g/mol. The average molecular weight is 865 g/mol. The number of phosphoric ester groups is 1. The summed E-state index contributed by atoms with van der Waals surface area (Å²) < 4.78 is 152. The van der Waals surface area contributed by atoms with Crippen LogP contribution < -0.4 is 0 Å². The van der Waals surface area contributed by atoms with Crippen LogP contribution in [0.4, 0.5) is 57.0 Å². The lowest BCUT2D eigenvalue weighted by molar-refractivity contribution is -0.392. The molecule has 0 aromatic carbocycles. The molecule has 0 bridgehead atoms. The second kappa shape index (κ2) is 15.5. The number of imidazole rings is 3. The van der Waals surface area contributed by atoms with E-state index in [-0.39, 0.29) is 13.7 Å². The summed E-state index contributed by atoms with van der Waals surface area (Å²) in [6, 6.07) is 0. The number of phosphoric acid groups is 1. The van der Waals surface area contributed by atoms with Gasteiger partial charge in [-0.3, -0.25) is 13.6 Å². The van der Waals surface area contributed by atoms with E-state index in [0.717, 1.165) is 20.8 Å². The molecule has 0 saturated carbocycles. The lowest BCUT2D eigenvalue weighted by Crippen LogP contribution is -2.27. The summed E-state index contributed by atoms with van der Waals surface area (Å²) in [4.78, 5) is 39.0. The van der Waals surface area contributed by atoms with E-state index in [4.69, 9.17) is 48.4 Å². The van der Waals surface area contributed by atoms with Crippen LogP contribution in [0.25, 0.3) is 0 Å². The SMILES string of the molecule is C[C@H](Cn1c(C(F)(F)F)nc(Cl)c1[N+](=O)[O-])OP(=O)(O[C@H](C)Cn1c(C(F)(F)F)nc(Cl)c1[N+](=O)[O-])O[C@H](C)Cn1c(C(F)(F)F)nc(Cl)c1[N+](=O)[O-]. The highest BCUT2D eigenvalue weighted by Gasteiger charge is 2.49. The van der Waals surface area contributed by atoms with Crippen LogP contribution in [0.1, 0.15) is 38.2 Å². The number of hydrogen-bond donors (Lipinski definition) is 0. The van der Waals surface area contributed by atoms with Crippen molar-refractivity contribution in [3.8, 4) is 0 Å². The van der Waals surface area contributed by atoms with Gasteiger partial charge < -0.3 is 30.3 Å². The Kier molecular flexibility index (Phi) is 12.7. The molecule has 3 rings (SSSR count). The Hall–Kier alpha value is -3.82. The summed E-state index contributed by atoms with van der Waals surface area (Å²) in [7, 11) is -5.62. The van der Waals surface area contributed by atoms with E-state index in [9.17, 15) is 74.4 Å². The smallest absolute Gasteiger partial charge is 0.358 e. The number of alkyl halides is 9. The van der Waals surface area contributed by atoms with Gasteiger partial charge in [0, 0.05) is 0 Å². The molecule has 0 aliphatic heterocycles. The molecule has 296 valence electrons. The van der Waals surface area contributed by atoms with Crippen molar-refractivity contribution in [1.29, 1.82) is 0 Å². The van der Waals surface area contributed by atoms with Gasteiger partial charge in [0.2, 0.25) is 15.5 Å². The van der Waals surface area contributed by atoms with Gasteiger partial charge in [0.05, 0.1) is 0 Å². The average Bonchev–Trinajstić information content (AvgIpc) is 3.57. The first-order chi connectivity index (χ1) is 24.0. The van der Waals surface area contributed by atoms with Crippen molar-refractivity contribution >= 4 is 60.1 Å².